The second kappa shape index (κ2) is 8.81. The summed E-state index contributed by atoms with van der Waals surface area (Å²) < 4.78 is 11.6. The van der Waals surface area contributed by atoms with Crippen molar-refractivity contribution in [3.8, 4) is 22.6 Å². The SMILES string of the molecule is CCOc1cccc(-c2c(C)c(Cl)cc(C(C)Nc3ncnc4nc[nH]c34)c2OC)c1. The number of fused-ring (bicyclic) bond motifs is 1. The molecule has 2 heterocycles. The minimum absolute atomic E-state index is 0.150. The number of nitrogens with zero attached hydrogens (tertiary/aromatic N) is 3. The fourth-order valence-electron chi connectivity index (χ4n) is 3.70. The van der Waals surface area contributed by atoms with E-state index in [0.717, 1.165) is 39.3 Å². The summed E-state index contributed by atoms with van der Waals surface area (Å²) in [5, 5.41) is 4.10. The lowest BCUT2D eigenvalue weighted by Crippen LogP contribution is -2.11. The topological polar surface area (TPSA) is 85.0 Å². The molecular formula is C23H24ClN5O2. The summed E-state index contributed by atoms with van der Waals surface area (Å²) in [5.74, 6) is 2.22. The van der Waals surface area contributed by atoms with Crippen LogP contribution in [0.4, 0.5) is 5.82 Å². The van der Waals surface area contributed by atoms with Crippen LogP contribution in [0.25, 0.3) is 22.3 Å². The molecule has 1 unspecified atom stereocenters. The van der Waals surface area contributed by atoms with Crippen molar-refractivity contribution in [2.45, 2.75) is 26.8 Å². The van der Waals surface area contributed by atoms with Crippen LogP contribution in [0.1, 0.15) is 31.0 Å². The number of imidazole rings is 1. The summed E-state index contributed by atoms with van der Waals surface area (Å²) in [7, 11) is 1.67. The third kappa shape index (κ3) is 4.01. The lowest BCUT2D eigenvalue weighted by Gasteiger charge is -2.23. The molecule has 0 aliphatic rings. The highest BCUT2D eigenvalue weighted by Crippen LogP contribution is 2.43. The van der Waals surface area contributed by atoms with E-state index in [1.54, 1.807) is 13.4 Å². The van der Waals surface area contributed by atoms with E-state index in [2.05, 4.69) is 25.3 Å². The number of methoxy groups -OCH3 is 1. The van der Waals surface area contributed by atoms with E-state index in [9.17, 15) is 0 Å². The molecule has 160 valence electrons. The third-order valence-corrected chi connectivity index (χ3v) is 5.58. The van der Waals surface area contributed by atoms with Crippen molar-refractivity contribution in [2.75, 3.05) is 19.0 Å². The molecule has 0 saturated carbocycles. The summed E-state index contributed by atoms with van der Waals surface area (Å²) >= 11 is 6.67. The van der Waals surface area contributed by atoms with E-state index >= 15 is 0 Å². The van der Waals surface area contributed by atoms with Gasteiger partial charge in [0.15, 0.2) is 11.5 Å². The summed E-state index contributed by atoms with van der Waals surface area (Å²) in [6, 6.07) is 9.74. The first-order valence-electron chi connectivity index (χ1n) is 10.0. The minimum atomic E-state index is -0.150. The molecule has 0 aliphatic heterocycles. The Morgan fingerprint density at radius 1 is 1.19 bits per heavy atom. The third-order valence-electron chi connectivity index (χ3n) is 5.19. The zero-order valence-corrected chi connectivity index (χ0v) is 18.6. The molecule has 8 heteroatoms. The molecule has 2 aromatic heterocycles. The van der Waals surface area contributed by atoms with Gasteiger partial charge in [-0.2, -0.15) is 0 Å². The molecule has 2 N–H and O–H groups in total. The molecule has 0 spiro atoms. The quantitative estimate of drug-likeness (QED) is 0.393. The number of rotatable bonds is 7. The van der Waals surface area contributed by atoms with Crippen molar-refractivity contribution in [1.82, 2.24) is 19.9 Å². The van der Waals surface area contributed by atoms with Gasteiger partial charge in [0.25, 0.3) is 0 Å². The number of hydrogen-bond acceptors (Lipinski definition) is 6. The molecule has 0 saturated heterocycles. The highest BCUT2D eigenvalue weighted by molar-refractivity contribution is 6.32. The van der Waals surface area contributed by atoms with Crippen LogP contribution < -0.4 is 14.8 Å². The van der Waals surface area contributed by atoms with Gasteiger partial charge in [0.2, 0.25) is 0 Å². The fourth-order valence-corrected chi connectivity index (χ4v) is 3.91. The Balaban J connectivity index is 1.80. The Labute approximate surface area is 185 Å². The van der Waals surface area contributed by atoms with E-state index in [4.69, 9.17) is 21.1 Å². The number of H-pyrrole nitrogens is 1. The molecular weight excluding hydrogens is 414 g/mol. The summed E-state index contributed by atoms with van der Waals surface area (Å²) in [6.07, 6.45) is 3.09. The first-order chi connectivity index (χ1) is 15.0. The van der Waals surface area contributed by atoms with Gasteiger partial charge in [0, 0.05) is 16.1 Å². The van der Waals surface area contributed by atoms with Crippen LogP contribution in [0.15, 0.2) is 43.0 Å². The smallest absolute Gasteiger partial charge is 0.182 e. The van der Waals surface area contributed by atoms with Gasteiger partial charge in [0.05, 0.1) is 26.1 Å². The van der Waals surface area contributed by atoms with Crippen LogP contribution in [-0.4, -0.2) is 33.7 Å². The Morgan fingerprint density at radius 2 is 2.03 bits per heavy atom. The second-order valence-corrected chi connectivity index (χ2v) is 7.54. The van der Waals surface area contributed by atoms with Crippen LogP contribution in [0.2, 0.25) is 5.02 Å². The van der Waals surface area contributed by atoms with E-state index in [1.165, 1.54) is 6.33 Å². The normalized spacial score (nSPS) is 12.0. The highest BCUT2D eigenvalue weighted by atomic mass is 35.5. The largest absolute Gasteiger partial charge is 0.496 e. The number of aromatic nitrogens is 4. The van der Waals surface area contributed by atoms with Gasteiger partial charge < -0.3 is 19.8 Å². The monoisotopic (exact) mass is 437 g/mol. The van der Waals surface area contributed by atoms with Crippen LogP contribution in [0.3, 0.4) is 0 Å². The van der Waals surface area contributed by atoms with E-state index in [1.807, 2.05) is 51.1 Å². The zero-order chi connectivity index (χ0) is 22.0. The molecule has 31 heavy (non-hydrogen) atoms. The van der Waals surface area contributed by atoms with E-state index < -0.39 is 0 Å². The fraction of sp³-hybridized carbons (Fsp3) is 0.261. The number of ether oxygens (including phenoxy) is 2. The molecule has 0 amide bonds. The van der Waals surface area contributed by atoms with E-state index in [-0.39, 0.29) is 6.04 Å². The van der Waals surface area contributed by atoms with Crippen molar-refractivity contribution in [1.29, 1.82) is 0 Å². The summed E-state index contributed by atoms with van der Waals surface area (Å²) in [6.45, 7) is 6.59. The van der Waals surface area contributed by atoms with Crippen molar-refractivity contribution in [3.05, 3.63) is 59.1 Å². The Bertz CT molecular complexity index is 1220. The van der Waals surface area contributed by atoms with Gasteiger partial charge >= 0.3 is 0 Å². The van der Waals surface area contributed by atoms with Gasteiger partial charge in [0.1, 0.15) is 23.3 Å². The van der Waals surface area contributed by atoms with Crippen molar-refractivity contribution >= 4 is 28.6 Å². The van der Waals surface area contributed by atoms with Gasteiger partial charge in [-0.3, -0.25) is 0 Å². The molecule has 1 atom stereocenters. The molecule has 0 fully saturated rings. The number of aromatic amines is 1. The number of anilines is 1. The standard InChI is InChI=1S/C23H24ClN5O2/c1-5-31-16-8-6-7-15(9-16)19-13(2)18(24)10-17(21(19)30-4)14(3)29-23-20-22(26-11-25-20)27-12-28-23/h6-12,14H,5H2,1-4H3,(H2,25,26,27,28,29). The van der Waals surface area contributed by atoms with Crippen molar-refractivity contribution in [3.63, 3.8) is 0 Å². The molecule has 0 bridgehead atoms. The first-order valence-corrected chi connectivity index (χ1v) is 10.4. The summed E-state index contributed by atoms with van der Waals surface area (Å²) in [5.41, 5.74) is 5.13. The Hall–Kier alpha value is -3.32. The predicted octanol–water partition coefficient (Wildman–Crippen LogP) is 5.56. The number of nitrogens with one attached hydrogen (secondary N) is 2. The van der Waals surface area contributed by atoms with Gasteiger partial charge in [-0.25, -0.2) is 15.0 Å². The maximum atomic E-state index is 6.67. The molecule has 4 aromatic rings. The Morgan fingerprint density at radius 3 is 2.81 bits per heavy atom. The number of benzene rings is 2. The molecule has 0 radical (unpaired) electrons. The average Bonchev–Trinajstić information content (AvgIpc) is 3.25. The second-order valence-electron chi connectivity index (χ2n) is 7.13. The predicted molar refractivity (Wildman–Crippen MR) is 123 cm³/mol. The summed E-state index contributed by atoms with van der Waals surface area (Å²) in [4.78, 5) is 15.8. The van der Waals surface area contributed by atoms with Crippen LogP contribution in [0, 0.1) is 6.92 Å². The van der Waals surface area contributed by atoms with Gasteiger partial charge in [-0.05, 0) is 50.1 Å². The lowest BCUT2D eigenvalue weighted by atomic mass is 9.93. The zero-order valence-electron chi connectivity index (χ0n) is 17.9. The average molecular weight is 438 g/mol. The first kappa shape index (κ1) is 20.9. The lowest BCUT2D eigenvalue weighted by molar-refractivity contribution is 0.340. The van der Waals surface area contributed by atoms with Crippen LogP contribution in [0.5, 0.6) is 11.5 Å². The van der Waals surface area contributed by atoms with Crippen LogP contribution in [-0.2, 0) is 0 Å². The van der Waals surface area contributed by atoms with Gasteiger partial charge in [-0.1, -0.05) is 23.7 Å². The highest BCUT2D eigenvalue weighted by Gasteiger charge is 2.22. The molecule has 7 nitrogen and oxygen atoms in total. The molecule has 2 aromatic carbocycles. The van der Waals surface area contributed by atoms with Crippen molar-refractivity contribution < 1.29 is 9.47 Å². The molecule has 0 aliphatic carbocycles. The Kier molecular flexibility index (Phi) is 5.95. The van der Waals surface area contributed by atoms with Crippen LogP contribution >= 0.6 is 11.6 Å². The maximum Gasteiger partial charge on any atom is 0.182 e. The van der Waals surface area contributed by atoms with Crippen molar-refractivity contribution in [2.24, 2.45) is 0 Å². The molecule has 4 rings (SSSR count). The van der Waals surface area contributed by atoms with E-state index in [0.29, 0.717) is 23.1 Å². The number of halogens is 1. The maximum absolute atomic E-state index is 6.67. The minimum Gasteiger partial charge on any atom is -0.496 e. The number of hydrogen-bond donors (Lipinski definition) is 2. The van der Waals surface area contributed by atoms with Gasteiger partial charge in [-0.15, -0.1) is 0 Å².